The van der Waals surface area contributed by atoms with E-state index < -0.39 is 0 Å². The van der Waals surface area contributed by atoms with Crippen LogP contribution in [0.5, 0.6) is 0 Å². The third-order valence-electron chi connectivity index (χ3n) is 1.82. The molecule has 0 aliphatic rings. The first-order valence-corrected chi connectivity index (χ1v) is 3.95. The summed E-state index contributed by atoms with van der Waals surface area (Å²) in [6.45, 7) is 3.79. The number of hydrogen-bond donors (Lipinski definition) is 2. The highest BCUT2D eigenvalue weighted by molar-refractivity contribution is 5.23. The largest absolute Gasteiger partial charge is 0.394 e. The van der Waals surface area contributed by atoms with Crippen LogP contribution in [-0.2, 0) is 0 Å². The summed E-state index contributed by atoms with van der Waals surface area (Å²) < 4.78 is 0. The molecule has 3 heteroatoms. The third-order valence-corrected chi connectivity index (χ3v) is 1.82. The fraction of sp³-hybridized carbons (Fsp3) is 0.444. The van der Waals surface area contributed by atoms with E-state index in [0.29, 0.717) is 0 Å². The maximum Gasteiger partial charge on any atom is 0.0707 e. The van der Waals surface area contributed by atoms with Crippen molar-refractivity contribution in [3.8, 4) is 0 Å². The van der Waals surface area contributed by atoms with Gasteiger partial charge in [-0.05, 0) is 25.5 Å². The highest BCUT2D eigenvalue weighted by Gasteiger charge is 2.08. The second-order valence-corrected chi connectivity index (χ2v) is 2.94. The molecule has 1 rings (SSSR count). The lowest BCUT2D eigenvalue weighted by Gasteiger charge is -2.10. The standard InChI is InChI=1S/C9H14N2O/c1-6-3-4-7(2)11-9(6)8(10)5-12/h3-4,8,12H,5,10H2,1-2H3. The van der Waals surface area contributed by atoms with Crippen LogP contribution in [0.4, 0.5) is 0 Å². The molecule has 3 N–H and O–H groups in total. The predicted octanol–water partition coefficient (Wildman–Crippen LogP) is 0.691. The molecule has 0 saturated heterocycles. The van der Waals surface area contributed by atoms with Crippen molar-refractivity contribution < 1.29 is 5.11 Å². The summed E-state index contributed by atoms with van der Waals surface area (Å²) >= 11 is 0. The number of aliphatic hydroxyl groups is 1. The summed E-state index contributed by atoms with van der Waals surface area (Å²) in [4.78, 5) is 4.26. The van der Waals surface area contributed by atoms with E-state index in [-0.39, 0.29) is 12.6 Å². The van der Waals surface area contributed by atoms with Crippen molar-refractivity contribution in [1.29, 1.82) is 0 Å². The predicted molar refractivity (Wildman–Crippen MR) is 47.7 cm³/mol. The average Bonchev–Trinajstić information content (AvgIpc) is 2.08. The molecule has 0 aliphatic carbocycles. The monoisotopic (exact) mass is 166 g/mol. The summed E-state index contributed by atoms with van der Waals surface area (Å²) in [7, 11) is 0. The van der Waals surface area contributed by atoms with E-state index in [4.69, 9.17) is 10.8 Å². The van der Waals surface area contributed by atoms with E-state index >= 15 is 0 Å². The van der Waals surface area contributed by atoms with Gasteiger partial charge in [-0.1, -0.05) is 6.07 Å². The number of rotatable bonds is 2. The van der Waals surface area contributed by atoms with E-state index in [1.807, 2.05) is 26.0 Å². The topological polar surface area (TPSA) is 59.1 Å². The molecule has 1 heterocycles. The van der Waals surface area contributed by atoms with Crippen molar-refractivity contribution in [3.63, 3.8) is 0 Å². The van der Waals surface area contributed by atoms with Crippen molar-refractivity contribution in [1.82, 2.24) is 4.98 Å². The Hall–Kier alpha value is -0.930. The van der Waals surface area contributed by atoms with Gasteiger partial charge in [-0.2, -0.15) is 0 Å². The quantitative estimate of drug-likeness (QED) is 0.679. The second kappa shape index (κ2) is 3.65. The van der Waals surface area contributed by atoms with E-state index in [9.17, 15) is 0 Å². The first-order valence-electron chi connectivity index (χ1n) is 3.95. The first-order chi connectivity index (χ1) is 5.65. The number of aliphatic hydroxyl groups excluding tert-OH is 1. The number of nitrogens with two attached hydrogens (primary N) is 1. The minimum Gasteiger partial charge on any atom is -0.394 e. The second-order valence-electron chi connectivity index (χ2n) is 2.94. The van der Waals surface area contributed by atoms with Gasteiger partial charge in [-0.15, -0.1) is 0 Å². The zero-order valence-electron chi connectivity index (χ0n) is 7.41. The minimum atomic E-state index is -0.357. The number of aromatic nitrogens is 1. The lowest BCUT2D eigenvalue weighted by Crippen LogP contribution is -2.17. The Kier molecular flexibility index (Phi) is 2.78. The highest BCUT2D eigenvalue weighted by Crippen LogP contribution is 2.12. The van der Waals surface area contributed by atoms with Gasteiger partial charge in [0.15, 0.2) is 0 Å². The molecule has 0 aliphatic heterocycles. The fourth-order valence-corrected chi connectivity index (χ4v) is 1.11. The first kappa shape index (κ1) is 9.16. The van der Waals surface area contributed by atoms with Crippen LogP contribution in [0.15, 0.2) is 12.1 Å². The molecule has 0 aromatic carbocycles. The number of hydrogen-bond acceptors (Lipinski definition) is 3. The lowest BCUT2D eigenvalue weighted by atomic mass is 10.1. The van der Waals surface area contributed by atoms with Gasteiger partial charge in [0, 0.05) is 5.69 Å². The minimum absolute atomic E-state index is 0.0582. The van der Waals surface area contributed by atoms with Crippen molar-refractivity contribution in [3.05, 3.63) is 29.1 Å². The summed E-state index contributed by atoms with van der Waals surface area (Å²) in [5, 5.41) is 8.84. The number of aryl methyl sites for hydroxylation is 2. The Labute approximate surface area is 72.2 Å². The highest BCUT2D eigenvalue weighted by atomic mass is 16.3. The smallest absolute Gasteiger partial charge is 0.0707 e. The molecule has 66 valence electrons. The molecule has 0 saturated carbocycles. The summed E-state index contributed by atoms with van der Waals surface area (Å²) in [6.07, 6.45) is 0. The van der Waals surface area contributed by atoms with Crippen LogP contribution in [0.3, 0.4) is 0 Å². The zero-order valence-corrected chi connectivity index (χ0v) is 7.41. The van der Waals surface area contributed by atoms with Crippen LogP contribution in [0, 0.1) is 13.8 Å². The van der Waals surface area contributed by atoms with Gasteiger partial charge in [0.2, 0.25) is 0 Å². The van der Waals surface area contributed by atoms with Crippen LogP contribution in [0.25, 0.3) is 0 Å². The molecule has 0 bridgehead atoms. The van der Waals surface area contributed by atoms with Gasteiger partial charge in [-0.25, -0.2) is 0 Å². The van der Waals surface area contributed by atoms with E-state index in [1.54, 1.807) is 0 Å². The molecular weight excluding hydrogens is 152 g/mol. The van der Waals surface area contributed by atoms with Gasteiger partial charge in [0.05, 0.1) is 18.3 Å². The molecule has 0 radical (unpaired) electrons. The maximum absolute atomic E-state index is 8.84. The van der Waals surface area contributed by atoms with Crippen LogP contribution in [0.1, 0.15) is 23.0 Å². The van der Waals surface area contributed by atoms with Gasteiger partial charge >= 0.3 is 0 Å². The third kappa shape index (κ3) is 1.81. The van der Waals surface area contributed by atoms with Gasteiger partial charge in [-0.3, -0.25) is 4.98 Å². The molecule has 3 nitrogen and oxygen atoms in total. The Morgan fingerprint density at radius 2 is 2.17 bits per heavy atom. The summed E-state index contributed by atoms with van der Waals surface area (Å²) in [5.74, 6) is 0. The van der Waals surface area contributed by atoms with Crippen molar-refractivity contribution >= 4 is 0 Å². The van der Waals surface area contributed by atoms with Gasteiger partial charge < -0.3 is 10.8 Å². The SMILES string of the molecule is Cc1ccc(C)c(C(N)CO)n1. The Morgan fingerprint density at radius 3 is 2.75 bits per heavy atom. The molecule has 0 fully saturated rings. The Morgan fingerprint density at radius 1 is 1.50 bits per heavy atom. The van der Waals surface area contributed by atoms with Crippen molar-refractivity contribution in [2.24, 2.45) is 5.73 Å². The van der Waals surface area contributed by atoms with Gasteiger partial charge in [0.25, 0.3) is 0 Å². The van der Waals surface area contributed by atoms with Crippen molar-refractivity contribution in [2.75, 3.05) is 6.61 Å². The molecule has 1 aromatic heterocycles. The maximum atomic E-state index is 8.84. The number of nitrogens with zero attached hydrogens (tertiary/aromatic N) is 1. The van der Waals surface area contributed by atoms with Crippen LogP contribution < -0.4 is 5.73 Å². The molecule has 0 spiro atoms. The lowest BCUT2D eigenvalue weighted by molar-refractivity contribution is 0.265. The van der Waals surface area contributed by atoms with E-state index in [0.717, 1.165) is 17.0 Å². The molecule has 0 amide bonds. The summed E-state index contributed by atoms with van der Waals surface area (Å²) in [5.41, 5.74) is 8.40. The van der Waals surface area contributed by atoms with Crippen LogP contribution >= 0.6 is 0 Å². The van der Waals surface area contributed by atoms with Crippen LogP contribution in [0.2, 0.25) is 0 Å². The Bertz CT molecular complexity index is 273. The summed E-state index contributed by atoms with van der Waals surface area (Å²) in [6, 6.07) is 3.54. The molecular formula is C9H14N2O. The normalized spacial score (nSPS) is 13.0. The van der Waals surface area contributed by atoms with Gasteiger partial charge in [0.1, 0.15) is 0 Å². The van der Waals surface area contributed by atoms with E-state index in [2.05, 4.69) is 4.98 Å². The molecule has 1 atom stereocenters. The molecule has 1 aromatic rings. The van der Waals surface area contributed by atoms with E-state index in [1.165, 1.54) is 0 Å². The average molecular weight is 166 g/mol. The molecule has 1 unspecified atom stereocenters. The fourth-order valence-electron chi connectivity index (χ4n) is 1.11. The van der Waals surface area contributed by atoms with Crippen molar-refractivity contribution in [2.45, 2.75) is 19.9 Å². The Balaban J connectivity index is 3.04. The van der Waals surface area contributed by atoms with Crippen LogP contribution in [-0.4, -0.2) is 16.7 Å². The zero-order chi connectivity index (χ0) is 9.14. The molecule has 12 heavy (non-hydrogen) atoms. The number of pyridine rings is 1.